The normalized spacial score (nSPS) is 14.4. The van der Waals surface area contributed by atoms with E-state index >= 15 is 0 Å². The number of nitrogens with one attached hydrogen (secondary N) is 2. The molecule has 1 aliphatic carbocycles. The Bertz CT molecular complexity index is 1520. The largest absolute Gasteiger partial charge is 0.449 e. The van der Waals surface area contributed by atoms with Crippen LogP contribution in [-0.2, 0) is 22.3 Å². The minimum absolute atomic E-state index is 0.0751. The van der Waals surface area contributed by atoms with Gasteiger partial charge in [0, 0.05) is 12.0 Å². The van der Waals surface area contributed by atoms with E-state index in [2.05, 4.69) is 34.9 Å². The molecule has 0 saturated heterocycles. The average molecular weight is 607 g/mol. The number of hydrogen-bond acceptors (Lipinski definition) is 5. The van der Waals surface area contributed by atoms with Crippen molar-refractivity contribution in [3.05, 3.63) is 131 Å². The van der Waals surface area contributed by atoms with E-state index in [1.54, 1.807) is 0 Å². The molecule has 0 aliphatic heterocycles. The van der Waals surface area contributed by atoms with Crippen LogP contribution in [0.1, 0.15) is 55.4 Å². The maximum Gasteiger partial charge on any atom is 0.407 e. The molecule has 45 heavy (non-hydrogen) atoms. The zero-order valence-corrected chi connectivity index (χ0v) is 26.1. The van der Waals surface area contributed by atoms with Crippen LogP contribution in [0.4, 0.5) is 9.59 Å². The first kappa shape index (κ1) is 31.8. The number of carbonyl (C=O) groups excluding carboxylic acids is 2. The van der Waals surface area contributed by atoms with Gasteiger partial charge < -0.3 is 25.2 Å². The fourth-order valence-electron chi connectivity index (χ4n) is 5.96. The Morgan fingerprint density at radius 3 is 1.78 bits per heavy atom. The van der Waals surface area contributed by atoms with Crippen LogP contribution in [0, 0.1) is 0 Å². The number of aliphatic hydroxyl groups excluding tert-OH is 1. The predicted octanol–water partition coefficient (Wildman–Crippen LogP) is 7.02. The minimum atomic E-state index is -0.991. The third-order valence-electron chi connectivity index (χ3n) is 7.98. The molecular formula is C38H42N2O5. The van der Waals surface area contributed by atoms with Crippen LogP contribution in [-0.4, -0.2) is 47.7 Å². The fraction of sp³-hybridized carbons (Fsp3) is 0.316. The van der Waals surface area contributed by atoms with Gasteiger partial charge in [-0.2, -0.15) is 0 Å². The van der Waals surface area contributed by atoms with Crippen molar-refractivity contribution in [3.8, 4) is 11.1 Å². The first-order valence-corrected chi connectivity index (χ1v) is 15.5. The summed E-state index contributed by atoms with van der Waals surface area (Å²) >= 11 is 0. The van der Waals surface area contributed by atoms with Crippen molar-refractivity contribution in [1.29, 1.82) is 0 Å². The molecule has 4 aromatic rings. The van der Waals surface area contributed by atoms with Gasteiger partial charge >= 0.3 is 12.2 Å². The number of benzene rings is 4. The first-order chi connectivity index (χ1) is 21.7. The summed E-state index contributed by atoms with van der Waals surface area (Å²) in [5, 5.41) is 17.5. The molecule has 3 N–H and O–H groups in total. The molecule has 1 aliphatic rings. The number of carbonyl (C=O) groups is 2. The number of fused-ring (bicyclic) bond motifs is 3. The molecule has 5 rings (SSSR count). The highest BCUT2D eigenvalue weighted by atomic mass is 16.6. The summed E-state index contributed by atoms with van der Waals surface area (Å²) in [5.41, 5.74) is 5.87. The lowest BCUT2D eigenvalue weighted by atomic mass is 9.94. The monoisotopic (exact) mass is 606 g/mol. The lowest BCUT2D eigenvalue weighted by molar-refractivity contribution is 0.0464. The van der Waals surface area contributed by atoms with Crippen LogP contribution in [0.25, 0.3) is 11.1 Å². The van der Waals surface area contributed by atoms with E-state index in [4.69, 9.17) is 9.47 Å². The third-order valence-corrected chi connectivity index (χ3v) is 7.98. The van der Waals surface area contributed by atoms with Gasteiger partial charge in [-0.1, -0.05) is 109 Å². The summed E-state index contributed by atoms with van der Waals surface area (Å²) in [6, 6.07) is 34.7. The van der Waals surface area contributed by atoms with Gasteiger partial charge in [-0.15, -0.1) is 0 Å². The Morgan fingerprint density at radius 1 is 0.711 bits per heavy atom. The minimum Gasteiger partial charge on any atom is -0.449 e. The quantitative estimate of drug-likeness (QED) is 0.170. The van der Waals surface area contributed by atoms with Gasteiger partial charge in [0.05, 0.1) is 12.1 Å². The number of aliphatic hydroxyl groups is 1. The molecule has 3 atom stereocenters. The van der Waals surface area contributed by atoms with Crippen molar-refractivity contribution < 1.29 is 24.2 Å². The average Bonchev–Trinajstić information content (AvgIpc) is 3.33. The van der Waals surface area contributed by atoms with E-state index in [1.165, 1.54) is 0 Å². The summed E-state index contributed by atoms with van der Waals surface area (Å²) in [4.78, 5) is 26.1. The van der Waals surface area contributed by atoms with Gasteiger partial charge in [-0.25, -0.2) is 9.59 Å². The molecule has 0 unspecified atom stereocenters. The molecule has 7 heteroatoms. The molecule has 0 fully saturated rings. The zero-order valence-electron chi connectivity index (χ0n) is 26.1. The molecule has 0 heterocycles. The van der Waals surface area contributed by atoms with Crippen LogP contribution in [0.5, 0.6) is 0 Å². The Kier molecular flexibility index (Phi) is 10.2. The molecular weight excluding hydrogens is 564 g/mol. The molecule has 0 aromatic heterocycles. The highest BCUT2D eigenvalue weighted by molar-refractivity contribution is 5.79. The lowest BCUT2D eigenvalue weighted by Crippen LogP contribution is -2.49. The van der Waals surface area contributed by atoms with E-state index in [1.807, 2.05) is 106 Å². The van der Waals surface area contributed by atoms with Crippen LogP contribution in [0.3, 0.4) is 0 Å². The Labute approximate surface area is 265 Å². The van der Waals surface area contributed by atoms with Crippen molar-refractivity contribution in [2.24, 2.45) is 0 Å². The van der Waals surface area contributed by atoms with E-state index in [0.29, 0.717) is 12.8 Å². The van der Waals surface area contributed by atoms with Gasteiger partial charge in [-0.3, -0.25) is 0 Å². The van der Waals surface area contributed by atoms with Gasteiger partial charge in [0.2, 0.25) is 0 Å². The van der Waals surface area contributed by atoms with Crippen LogP contribution in [0.2, 0.25) is 0 Å². The highest BCUT2D eigenvalue weighted by Crippen LogP contribution is 2.44. The number of alkyl carbamates (subject to hydrolysis) is 2. The second kappa shape index (κ2) is 14.4. The molecule has 4 aromatic carbocycles. The van der Waals surface area contributed by atoms with Crippen LogP contribution < -0.4 is 10.6 Å². The second-order valence-electron chi connectivity index (χ2n) is 12.6. The van der Waals surface area contributed by atoms with Crippen molar-refractivity contribution in [3.63, 3.8) is 0 Å². The van der Waals surface area contributed by atoms with Gasteiger partial charge in [-0.05, 0) is 73.4 Å². The summed E-state index contributed by atoms with van der Waals surface area (Å²) in [6.45, 7) is 5.59. The Morgan fingerprint density at radius 2 is 1.22 bits per heavy atom. The zero-order chi connectivity index (χ0) is 31.8. The van der Waals surface area contributed by atoms with Crippen LogP contribution in [0.15, 0.2) is 109 Å². The van der Waals surface area contributed by atoms with Crippen molar-refractivity contribution in [2.45, 2.75) is 69.7 Å². The molecule has 0 bridgehead atoms. The number of rotatable bonds is 11. The van der Waals surface area contributed by atoms with E-state index in [9.17, 15) is 14.7 Å². The summed E-state index contributed by atoms with van der Waals surface area (Å²) in [7, 11) is 0. The number of amides is 2. The first-order valence-electron chi connectivity index (χ1n) is 15.5. The Hall–Kier alpha value is -4.62. The molecule has 7 nitrogen and oxygen atoms in total. The van der Waals surface area contributed by atoms with Gasteiger partial charge in [0.1, 0.15) is 12.2 Å². The lowest BCUT2D eigenvalue weighted by Gasteiger charge is -2.29. The molecule has 2 amide bonds. The van der Waals surface area contributed by atoms with Gasteiger partial charge in [0.25, 0.3) is 0 Å². The maximum absolute atomic E-state index is 13.3. The van der Waals surface area contributed by atoms with Crippen molar-refractivity contribution >= 4 is 12.2 Å². The fourth-order valence-corrected chi connectivity index (χ4v) is 5.96. The Balaban J connectivity index is 1.30. The van der Waals surface area contributed by atoms with E-state index < -0.39 is 36.0 Å². The van der Waals surface area contributed by atoms with Crippen molar-refractivity contribution in [2.75, 3.05) is 6.61 Å². The molecule has 0 radical (unpaired) electrons. The second-order valence-corrected chi connectivity index (χ2v) is 12.6. The molecule has 234 valence electrons. The molecule has 0 spiro atoms. The summed E-state index contributed by atoms with van der Waals surface area (Å²) in [5.74, 6) is -0.0751. The highest BCUT2D eigenvalue weighted by Gasteiger charge is 2.31. The standard InChI is InChI=1S/C38H42N2O5/c1-38(2,3)45-37(43)39-28(22-26-14-6-4-7-15-26)24-35(41)34(23-27-16-8-5-9-17-27)40-36(42)44-25-33-31-20-12-10-18-29(31)30-19-11-13-21-32(30)33/h4-21,28,33-35,41H,22-25H2,1-3H3,(H,39,43)(H,40,42)/t28-,34-,35-/m0/s1. The topological polar surface area (TPSA) is 96.9 Å². The van der Waals surface area contributed by atoms with E-state index in [-0.39, 0.29) is 18.9 Å². The third kappa shape index (κ3) is 8.73. The van der Waals surface area contributed by atoms with Gasteiger partial charge in [0.15, 0.2) is 0 Å². The van der Waals surface area contributed by atoms with Crippen LogP contribution >= 0.6 is 0 Å². The van der Waals surface area contributed by atoms with E-state index in [0.717, 1.165) is 33.4 Å². The molecule has 0 saturated carbocycles. The smallest absolute Gasteiger partial charge is 0.407 e. The maximum atomic E-state index is 13.3. The number of hydrogen-bond donors (Lipinski definition) is 3. The summed E-state index contributed by atoms with van der Waals surface area (Å²) in [6.07, 6.45) is -1.09. The predicted molar refractivity (Wildman–Crippen MR) is 176 cm³/mol. The van der Waals surface area contributed by atoms with Crippen molar-refractivity contribution in [1.82, 2.24) is 10.6 Å². The number of ether oxygens (including phenoxy) is 2. The summed E-state index contributed by atoms with van der Waals surface area (Å²) < 4.78 is 11.3. The SMILES string of the molecule is CC(C)(C)OC(=O)N[C@@H](Cc1ccccc1)C[C@H](O)[C@H](Cc1ccccc1)NC(=O)OCC1c2ccccc2-c2ccccc21.